The van der Waals surface area contributed by atoms with Gasteiger partial charge in [0.05, 0.1) is 0 Å². The van der Waals surface area contributed by atoms with Crippen LogP contribution in [0.15, 0.2) is 23.4 Å². The van der Waals surface area contributed by atoms with Crippen LogP contribution in [-0.4, -0.2) is 11.3 Å². The first kappa shape index (κ1) is 14.4. The van der Waals surface area contributed by atoms with E-state index in [4.69, 9.17) is 11.6 Å². The van der Waals surface area contributed by atoms with Crippen LogP contribution in [0.25, 0.3) is 0 Å². The molecule has 1 N–H and O–H groups in total. The van der Waals surface area contributed by atoms with Gasteiger partial charge in [-0.15, -0.1) is 0 Å². The molecule has 0 aliphatic rings. The number of halogens is 2. The summed E-state index contributed by atoms with van der Waals surface area (Å²) in [6, 6.07) is 4.06. The predicted octanol–water partition coefficient (Wildman–Crippen LogP) is 4.04. The van der Waals surface area contributed by atoms with E-state index >= 15 is 0 Å². The van der Waals surface area contributed by atoms with Crippen LogP contribution in [0.4, 0.5) is 14.9 Å². The zero-order valence-corrected chi connectivity index (χ0v) is 10.9. The van der Waals surface area contributed by atoms with Crippen molar-refractivity contribution in [3.8, 4) is 0 Å². The molecule has 1 amide bonds. The van der Waals surface area contributed by atoms with Gasteiger partial charge in [0.25, 0.3) is 0 Å². The molecule has 1 rings (SSSR count). The molecule has 0 spiro atoms. The van der Waals surface area contributed by atoms with Crippen LogP contribution in [0.5, 0.6) is 0 Å². The Morgan fingerprint density at radius 2 is 2.28 bits per heavy atom. The molecular formula is C12H14ClFN2O2. The molecule has 4 nitrogen and oxygen atoms in total. The van der Waals surface area contributed by atoms with E-state index in [9.17, 15) is 9.18 Å². The maximum Gasteiger partial charge on any atom is 0.437 e. The Bertz CT molecular complexity index is 463. The Morgan fingerprint density at radius 3 is 2.94 bits per heavy atom. The van der Waals surface area contributed by atoms with E-state index in [1.807, 2.05) is 6.92 Å². The molecule has 0 radical (unpaired) electrons. The number of nitrogens with one attached hydrogen (secondary N) is 1. The molecule has 0 unspecified atom stereocenters. The van der Waals surface area contributed by atoms with Crippen LogP contribution < -0.4 is 5.32 Å². The van der Waals surface area contributed by atoms with Gasteiger partial charge in [0, 0.05) is 12.1 Å². The molecule has 0 heterocycles. The summed E-state index contributed by atoms with van der Waals surface area (Å²) >= 11 is 5.67. The molecule has 0 saturated heterocycles. The van der Waals surface area contributed by atoms with E-state index in [0.29, 0.717) is 12.1 Å². The van der Waals surface area contributed by atoms with Crippen molar-refractivity contribution in [2.24, 2.45) is 5.16 Å². The largest absolute Gasteiger partial charge is 0.437 e. The fraction of sp³-hybridized carbons (Fsp3) is 0.333. The van der Waals surface area contributed by atoms with E-state index in [1.165, 1.54) is 12.1 Å². The van der Waals surface area contributed by atoms with E-state index in [0.717, 1.165) is 12.0 Å². The molecule has 0 fully saturated rings. The van der Waals surface area contributed by atoms with Crippen LogP contribution in [0.3, 0.4) is 0 Å². The number of rotatable bonds is 4. The summed E-state index contributed by atoms with van der Waals surface area (Å²) in [4.78, 5) is 15.9. The molecule has 0 aliphatic heterocycles. The highest BCUT2D eigenvalue weighted by Crippen LogP contribution is 2.16. The van der Waals surface area contributed by atoms with Crippen molar-refractivity contribution in [3.05, 3.63) is 29.6 Å². The van der Waals surface area contributed by atoms with Crippen molar-refractivity contribution in [3.63, 3.8) is 0 Å². The highest BCUT2D eigenvalue weighted by atomic mass is 35.5. The number of carbonyl (C=O) groups is 1. The Balaban J connectivity index is 2.59. The molecule has 0 saturated carbocycles. The maximum absolute atomic E-state index is 13.0. The molecule has 0 aromatic heterocycles. The van der Waals surface area contributed by atoms with Gasteiger partial charge in [0.1, 0.15) is 11.0 Å². The minimum atomic E-state index is -0.807. The topological polar surface area (TPSA) is 50.7 Å². The normalized spacial score (nSPS) is 11.2. The van der Waals surface area contributed by atoms with E-state index < -0.39 is 11.9 Å². The van der Waals surface area contributed by atoms with Gasteiger partial charge in [-0.3, -0.25) is 10.2 Å². The van der Waals surface area contributed by atoms with Crippen molar-refractivity contribution in [1.82, 2.24) is 0 Å². The summed E-state index contributed by atoms with van der Waals surface area (Å²) in [5, 5.41) is 6.03. The van der Waals surface area contributed by atoms with Gasteiger partial charge in [-0.05, 0) is 31.0 Å². The van der Waals surface area contributed by atoms with Crippen LogP contribution in [0.2, 0.25) is 0 Å². The number of nitrogens with zero attached hydrogens (tertiary/aromatic N) is 1. The summed E-state index contributed by atoms with van der Waals surface area (Å²) in [6.45, 7) is 3.66. The third kappa shape index (κ3) is 4.71. The summed E-state index contributed by atoms with van der Waals surface area (Å²) in [6.07, 6.45) is 0.530. The summed E-state index contributed by atoms with van der Waals surface area (Å²) in [7, 11) is 0. The van der Waals surface area contributed by atoms with Gasteiger partial charge in [0.15, 0.2) is 0 Å². The number of amides is 1. The Labute approximate surface area is 110 Å². The lowest BCUT2D eigenvalue weighted by atomic mass is 10.2. The van der Waals surface area contributed by atoms with Crippen molar-refractivity contribution < 1.29 is 14.0 Å². The lowest BCUT2D eigenvalue weighted by Crippen LogP contribution is -2.12. The number of oxime groups is 1. The molecule has 1 aromatic rings. The van der Waals surface area contributed by atoms with Crippen molar-refractivity contribution in [2.75, 3.05) is 5.32 Å². The zero-order valence-electron chi connectivity index (χ0n) is 10.2. The van der Waals surface area contributed by atoms with E-state index in [-0.39, 0.29) is 5.17 Å². The first-order valence-corrected chi connectivity index (χ1v) is 5.87. The van der Waals surface area contributed by atoms with Crippen molar-refractivity contribution in [1.29, 1.82) is 0 Å². The first-order valence-electron chi connectivity index (χ1n) is 5.49. The second-order valence-corrected chi connectivity index (χ2v) is 4.12. The van der Waals surface area contributed by atoms with Crippen LogP contribution in [-0.2, 0) is 4.84 Å². The van der Waals surface area contributed by atoms with E-state index in [2.05, 4.69) is 15.3 Å². The summed E-state index contributed by atoms with van der Waals surface area (Å²) in [5.74, 6) is -0.441. The van der Waals surface area contributed by atoms with Crippen LogP contribution >= 0.6 is 11.6 Å². The SMILES string of the molecule is CCCC(Cl)=NOC(=O)Nc1cc(F)ccc1C. The monoisotopic (exact) mass is 272 g/mol. The predicted molar refractivity (Wildman–Crippen MR) is 69.4 cm³/mol. The number of hydrogen-bond donors (Lipinski definition) is 1. The smallest absolute Gasteiger partial charge is 0.297 e. The van der Waals surface area contributed by atoms with Crippen molar-refractivity contribution >= 4 is 28.6 Å². The lowest BCUT2D eigenvalue weighted by molar-refractivity contribution is 0.166. The van der Waals surface area contributed by atoms with Gasteiger partial charge < -0.3 is 0 Å². The fourth-order valence-corrected chi connectivity index (χ4v) is 1.43. The standard InChI is InChI=1S/C12H14ClFN2O2/c1-3-4-11(13)16-18-12(17)15-10-7-9(14)6-5-8(10)2/h5-7H,3-4H2,1-2H3,(H,15,17). The first-order chi connectivity index (χ1) is 8.52. The molecule has 0 aliphatic carbocycles. The van der Waals surface area contributed by atoms with Gasteiger partial charge in [-0.2, -0.15) is 0 Å². The molecule has 0 atom stereocenters. The third-order valence-electron chi connectivity index (χ3n) is 2.12. The molecule has 6 heteroatoms. The quantitative estimate of drug-likeness (QED) is 0.511. The highest BCUT2D eigenvalue weighted by molar-refractivity contribution is 6.65. The number of hydrogen-bond acceptors (Lipinski definition) is 3. The molecule has 1 aromatic carbocycles. The van der Waals surface area contributed by atoms with Crippen LogP contribution in [0, 0.1) is 12.7 Å². The number of benzene rings is 1. The van der Waals surface area contributed by atoms with Gasteiger partial charge in [-0.25, -0.2) is 9.18 Å². The Hall–Kier alpha value is -1.62. The number of carbonyl (C=O) groups excluding carboxylic acids is 1. The average Bonchev–Trinajstić information content (AvgIpc) is 2.32. The minimum absolute atomic E-state index is 0.212. The molecular weight excluding hydrogens is 259 g/mol. The Morgan fingerprint density at radius 1 is 1.56 bits per heavy atom. The minimum Gasteiger partial charge on any atom is -0.297 e. The average molecular weight is 273 g/mol. The fourth-order valence-electron chi connectivity index (χ4n) is 1.20. The molecule has 98 valence electrons. The van der Waals surface area contributed by atoms with Crippen LogP contribution in [0.1, 0.15) is 25.3 Å². The van der Waals surface area contributed by atoms with Gasteiger partial charge in [-0.1, -0.05) is 29.7 Å². The maximum atomic E-state index is 13.0. The number of anilines is 1. The van der Waals surface area contributed by atoms with Gasteiger partial charge in [0.2, 0.25) is 0 Å². The summed E-state index contributed by atoms with van der Waals surface area (Å²) in [5.41, 5.74) is 1.05. The molecule has 18 heavy (non-hydrogen) atoms. The second-order valence-electron chi connectivity index (χ2n) is 3.68. The number of aryl methyl sites for hydroxylation is 1. The summed E-state index contributed by atoms with van der Waals surface area (Å²) < 4.78 is 13.0. The lowest BCUT2D eigenvalue weighted by Gasteiger charge is -2.06. The van der Waals surface area contributed by atoms with Gasteiger partial charge >= 0.3 is 6.09 Å². The van der Waals surface area contributed by atoms with Crippen molar-refractivity contribution in [2.45, 2.75) is 26.7 Å². The highest BCUT2D eigenvalue weighted by Gasteiger charge is 2.07. The Kier molecular flexibility index (Phi) is 5.58. The zero-order chi connectivity index (χ0) is 13.5. The second kappa shape index (κ2) is 6.96. The molecule has 0 bridgehead atoms. The third-order valence-corrected chi connectivity index (χ3v) is 2.38. The van der Waals surface area contributed by atoms with E-state index in [1.54, 1.807) is 13.0 Å².